The maximum absolute atomic E-state index is 12.7. The van der Waals surface area contributed by atoms with E-state index in [1.54, 1.807) is 36.4 Å². The summed E-state index contributed by atoms with van der Waals surface area (Å²) in [7, 11) is 0. The number of aromatic carboxylic acids is 1. The predicted octanol–water partition coefficient (Wildman–Crippen LogP) is 3.90. The molecule has 8 nitrogen and oxygen atoms in total. The number of phenolic OH excluding ortho intramolecular Hbond substituents is 1. The number of nitrogens with zero attached hydrogens (tertiary/aromatic N) is 1. The van der Waals surface area contributed by atoms with Crippen molar-refractivity contribution in [2.24, 2.45) is 0 Å². The van der Waals surface area contributed by atoms with Crippen LogP contribution in [-0.4, -0.2) is 37.3 Å². The molecule has 2 amide bonds. The first-order chi connectivity index (χ1) is 15.3. The van der Waals surface area contributed by atoms with Gasteiger partial charge in [0.25, 0.3) is 11.8 Å². The van der Waals surface area contributed by atoms with Crippen molar-refractivity contribution >= 4 is 52.2 Å². The SMILES string of the molecule is O=C(O)c1ccc(-c2ccc(C=C3SC(=S)N(NC(=O)c4ccccc4O)C3=O)o2)cc1. The molecular formula is C22H14N2O6S2. The van der Waals surface area contributed by atoms with Gasteiger partial charge in [0.2, 0.25) is 0 Å². The Kier molecular flexibility index (Phi) is 5.80. The number of carbonyl (C=O) groups excluding carboxylic acids is 2. The van der Waals surface area contributed by atoms with Crippen LogP contribution < -0.4 is 5.43 Å². The van der Waals surface area contributed by atoms with Crippen molar-refractivity contribution in [3.8, 4) is 17.1 Å². The number of carbonyl (C=O) groups is 3. The summed E-state index contributed by atoms with van der Waals surface area (Å²) in [5.41, 5.74) is 3.25. The van der Waals surface area contributed by atoms with Gasteiger partial charge in [-0.3, -0.25) is 15.0 Å². The van der Waals surface area contributed by atoms with Crippen molar-refractivity contribution in [2.45, 2.75) is 0 Å². The number of phenols is 1. The van der Waals surface area contributed by atoms with Crippen LogP contribution in [-0.2, 0) is 4.79 Å². The van der Waals surface area contributed by atoms with Gasteiger partial charge in [-0.15, -0.1) is 0 Å². The smallest absolute Gasteiger partial charge is 0.335 e. The quantitative estimate of drug-likeness (QED) is 0.383. The van der Waals surface area contributed by atoms with E-state index >= 15 is 0 Å². The lowest BCUT2D eigenvalue weighted by Gasteiger charge is -2.15. The van der Waals surface area contributed by atoms with Gasteiger partial charge >= 0.3 is 5.97 Å². The zero-order valence-corrected chi connectivity index (χ0v) is 17.8. The predicted molar refractivity (Wildman–Crippen MR) is 122 cm³/mol. The summed E-state index contributed by atoms with van der Waals surface area (Å²) < 4.78 is 5.87. The highest BCUT2D eigenvalue weighted by atomic mass is 32.2. The third kappa shape index (κ3) is 4.27. The zero-order chi connectivity index (χ0) is 22.8. The second-order valence-corrected chi connectivity index (χ2v) is 8.24. The second-order valence-electron chi connectivity index (χ2n) is 6.56. The van der Waals surface area contributed by atoms with Crippen molar-refractivity contribution in [2.75, 3.05) is 0 Å². The van der Waals surface area contributed by atoms with Gasteiger partial charge in [0.1, 0.15) is 17.3 Å². The fraction of sp³-hybridized carbons (Fsp3) is 0. The molecule has 160 valence electrons. The molecule has 1 aliphatic heterocycles. The maximum atomic E-state index is 12.7. The largest absolute Gasteiger partial charge is 0.507 e. The topological polar surface area (TPSA) is 120 Å². The Balaban J connectivity index is 1.50. The molecule has 0 spiro atoms. The normalized spacial score (nSPS) is 14.8. The van der Waals surface area contributed by atoms with E-state index in [2.05, 4.69) is 5.43 Å². The van der Waals surface area contributed by atoms with Gasteiger partial charge in [-0.2, -0.15) is 5.01 Å². The van der Waals surface area contributed by atoms with E-state index in [1.807, 2.05) is 0 Å². The van der Waals surface area contributed by atoms with E-state index < -0.39 is 17.8 Å². The van der Waals surface area contributed by atoms with Crippen LogP contribution in [0.25, 0.3) is 17.4 Å². The van der Waals surface area contributed by atoms with Crippen molar-refractivity contribution < 1.29 is 29.0 Å². The molecule has 2 heterocycles. The number of hydrogen-bond acceptors (Lipinski definition) is 7. The zero-order valence-electron chi connectivity index (χ0n) is 16.1. The van der Waals surface area contributed by atoms with Gasteiger partial charge in [-0.1, -0.05) is 36.0 Å². The summed E-state index contributed by atoms with van der Waals surface area (Å²) >= 11 is 6.19. The number of aromatic hydroxyl groups is 1. The first kappa shape index (κ1) is 21.3. The Morgan fingerprint density at radius 2 is 1.78 bits per heavy atom. The molecule has 1 aromatic heterocycles. The summed E-state index contributed by atoms with van der Waals surface area (Å²) in [5, 5.41) is 19.7. The number of carboxylic acids is 1. The summed E-state index contributed by atoms with van der Waals surface area (Å²) in [6, 6.07) is 15.5. The Hall–Kier alpha value is -3.89. The first-order valence-electron chi connectivity index (χ1n) is 9.14. The summed E-state index contributed by atoms with van der Waals surface area (Å²) in [6.45, 7) is 0. The highest BCUT2D eigenvalue weighted by Crippen LogP contribution is 2.33. The van der Waals surface area contributed by atoms with Crippen molar-refractivity contribution in [1.29, 1.82) is 0 Å². The molecule has 1 aliphatic rings. The number of benzene rings is 2. The molecule has 4 rings (SSSR count). The third-order valence-corrected chi connectivity index (χ3v) is 5.77. The number of para-hydroxylation sites is 1. The van der Waals surface area contributed by atoms with Crippen molar-refractivity contribution in [3.05, 3.63) is 82.5 Å². The van der Waals surface area contributed by atoms with E-state index in [-0.39, 0.29) is 26.1 Å². The lowest BCUT2D eigenvalue weighted by Crippen LogP contribution is -2.44. The molecule has 10 heteroatoms. The molecule has 3 N–H and O–H groups in total. The summed E-state index contributed by atoms with van der Waals surface area (Å²) in [6.07, 6.45) is 1.50. The maximum Gasteiger partial charge on any atom is 0.335 e. The Bertz CT molecular complexity index is 1280. The van der Waals surface area contributed by atoms with Gasteiger partial charge in [-0.25, -0.2) is 4.79 Å². The minimum Gasteiger partial charge on any atom is -0.507 e. The molecule has 0 bridgehead atoms. The average Bonchev–Trinajstić information content (AvgIpc) is 3.34. The van der Waals surface area contributed by atoms with E-state index in [1.165, 1.54) is 30.3 Å². The molecule has 0 aliphatic carbocycles. The molecule has 2 aromatic carbocycles. The Morgan fingerprint density at radius 3 is 2.47 bits per heavy atom. The number of thiocarbonyl (C=S) groups is 1. The van der Waals surface area contributed by atoms with Gasteiger partial charge < -0.3 is 14.6 Å². The molecule has 3 aromatic rings. The van der Waals surface area contributed by atoms with Crippen LogP contribution in [0, 0.1) is 0 Å². The number of thioether (sulfide) groups is 1. The minimum atomic E-state index is -1.02. The van der Waals surface area contributed by atoms with Crippen LogP contribution >= 0.6 is 24.0 Å². The fourth-order valence-corrected chi connectivity index (χ4v) is 4.04. The number of hydrazine groups is 1. The minimum absolute atomic E-state index is 0.00937. The average molecular weight is 466 g/mol. The highest BCUT2D eigenvalue weighted by Gasteiger charge is 2.34. The molecule has 32 heavy (non-hydrogen) atoms. The summed E-state index contributed by atoms with van der Waals surface area (Å²) in [4.78, 5) is 36.3. The number of nitrogens with one attached hydrogen (secondary N) is 1. The highest BCUT2D eigenvalue weighted by molar-refractivity contribution is 8.26. The number of hydrogen-bond donors (Lipinski definition) is 3. The van der Waals surface area contributed by atoms with E-state index in [4.69, 9.17) is 21.7 Å². The van der Waals surface area contributed by atoms with Crippen LogP contribution in [0.5, 0.6) is 5.75 Å². The number of furan rings is 1. The van der Waals surface area contributed by atoms with Gasteiger partial charge in [0, 0.05) is 11.6 Å². The van der Waals surface area contributed by atoms with Crippen LogP contribution in [0.2, 0.25) is 0 Å². The number of amides is 2. The van der Waals surface area contributed by atoms with Crippen LogP contribution in [0.3, 0.4) is 0 Å². The summed E-state index contributed by atoms with van der Waals surface area (Å²) in [5.74, 6) is -1.57. The Morgan fingerprint density at radius 1 is 1.06 bits per heavy atom. The van der Waals surface area contributed by atoms with E-state index in [0.717, 1.165) is 16.8 Å². The molecule has 1 saturated heterocycles. The lowest BCUT2D eigenvalue weighted by molar-refractivity contribution is -0.123. The third-order valence-electron chi connectivity index (χ3n) is 4.47. The molecule has 0 atom stereocenters. The number of rotatable bonds is 5. The monoisotopic (exact) mass is 466 g/mol. The Labute approximate surface area is 191 Å². The van der Waals surface area contributed by atoms with Gasteiger partial charge in [0.05, 0.1) is 16.0 Å². The van der Waals surface area contributed by atoms with E-state index in [9.17, 15) is 19.5 Å². The van der Waals surface area contributed by atoms with E-state index in [0.29, 0.717) is 17.1 Å². The standard InChI is InChI=1S/C22H14N2O6S2/c25-16-4-2-1-3-15(16)19(26)23-24-20(27)18(32-22(24)31)11-14-9-10-17(30-14)12-5-7-13(8-6-12)21(28)29/h1-11,25H,(H,23,26)(H,28,29). The lowest BCUT2D eigenvalue weighted by atomic mass is 10.1. The van der Waals surface area contributed by atoms with Crippen LogP contribution in [0.1, 0.15) is 26.5 Å². The molecule has 0 saturated carbocycles. The van der Waals surface area contributed by atoms with Crippen molar-refractivity contribution in [3.63, 3.8) is 0 Å². The second kappa shape index (κ2) is 8.69. The van der Waals surface area contributed by atoms with Gasteiger partial charge in [-0.05, 0) is 48.6 Å². The van der Waals surface area contributed by atoms with Crippen molar-refractivity contribution in [1.82, 2.24) is 10.4 Å². The molecule has 0 radical (unpaired) electrons. The van der Waals surface area contributed by atoms with Gasteiger partial charge in [0.15, 0.2) is 4.32 Å². The molecular weight excluding hydrogens is 452 g/mol. The fourth-order valence-electron chi connectivity index (χ4n) is 2.88. The molecule has 1 fully saturated rings. The number of carboxylic acid groups (broad SMARTS) is 1. The molecule has 0 unspecified atom stereocenters. The van der Waals surface area contributed by atoms with Crippen LogP contribution in [0.15, 0.2) is 70.0 Å². The first-order valence-corrected chi connectivity index (χ1v) is 10.4. The van der Waals surface area contributed by atoms with Crippen LogP contribution in [0.4, 0.5) is 0 Å².